The summed E-state index contributed by atoms with van der Waals surface area (Å²) in [6, 6.07) is 0.456. The van der Waals surface area contributed by atoms with Crippen LogP contribution in [0.15, 0.2) is 11.5 Å². The molecule has 132 valence electrons. The van der Waals surface area contributed by atoms with Gasteiger partial charge in [0.05, 0.1) is 5.69 Å². The average molecular weight is 350 g/mol. The third-order valence-corrected chi connectivity index (χ3v) is 5.67. The summed E-state index contributed by atoms with van der Waals surface area (Å²) >= 11 is 1.55. The first-order valence-corrected chi connectivity index (χ1v) is 9.67. The molecule has 0 aromatic carbocycles. The van der Waals surface area contributed by atoms with Crippen molar-refractivity contribution in [3.8, 4) is 0 Å². The van der Waals surface area contributed by atoms with Gasteiger partial charge in [0.1, 0.15) is 0 Å². The largest absolute Gasteiger partial charge is 0.357 e. The summed E-state index contributed by atoms with van der Waals surface area (Å²) < 4.78 is 0. The molecule has 0 unspecified atom stereocenters. The lowest BCUT2D eigenvalue weighted by atomic mass is 9.89. The van der Waals surface area contributed by atoms with Gasteiger partial charge in [0, 0.05) is 37.1 Å². The average Bonchev–Trinajstić information content (AvgIpc) is 3.23. The van der Waals surface area contributed by atoms with E-state index in [4.69, 9.17) is 5.21 Å². The molecule has 2 heterocycles. The van der Waals surface area contributed by atoms with E-state index in [0.29, 0.717) is 6.04 Å². The van der Waals surface area contributed by atoms with E-state index in [1.807, 2.05) is 5.38 Å². The van der Waals surface area contributed by atoms with Gasteiger partial charge in [-0.15, -0.1) is 11.3 Å². The third-order valence-electron chi connectivity index (χ3n) is 4.88. The van der Waals surface area contributed by atoms with E-state index in [9.17, 15) is 4.79 Å². The van der Waals surface area contributed by atoms with Crippen molar-refractivity contribution in [2.75, 3.05) is 25.0 Å². The van der Waals surface area contributed by atoms with Crippen LogP contribution in [0.5, 0.6) is 0 Å². The van der Waals surface area contributed by atoms with Gasteiger partial charge >= 0.3 is 0 Å². The normalized spacial score (nSPS) is 23.0. The first-order valence-electron chi connectivity index (χ1n) is 8.79. The van der Waals surface area contributed by atoms with E-state index in [1.165, 1.54) is 51.3 Å². The number of hydroxylamine groups is 1. The van der Waals surface area contributed by atoms with E-state index < -0.39 is 5.91 Å². The van der Waals surface area contributed by atoms with E-state index in [-0.39, 0.29) is 0 Å². The maximum Gasteiger partial charge on any atom is 0.267 e. The number of carbonyl (C=O) groups is 1. The molecule has 1 saturated heterocycles. The van der Waals surface area contributed by atoms with Crippen molar-refractivity contribution < 1.29 is 10.0 Å². The molecule has 1 atom stereocenters. The second kappa shape index (κ2) is 8.60. The van der Waals surface area contributed by atoms with E-state index >= 15 is 0 Å². The minimum Gasteiger partial charge on any atom is -0.357 e. The third kappa shape index (κ3) is 5.03. The number of likely N-dealkylation sites (tertiary alicyclic amines) is 1. The summed E-state index contributed by atoms with van der Waals surface area (Å²) in [6.07, 6.45) is 11.0. The molecule has 0 spiro atoms. The van der Waals surface area contributed by atoms with Crippen molar-refractivity contribution in [3.05, 3.63) is 17.2 Å². The molecule has 6 nitrogen and oxygen atoms in total. The van der Waals surface area contributed by atoms with Gasteiger partial charge < -0.3 is 10.2 Å². The second-order valence-electron chi connectivity index (χ2n) is 6.78. The number of hydrogen-bond donors (Lipinski definition) is 3. The highest BCUT2D eigenvalue weighted by atomic mass is 32.1. The van der Waals surface area contributed by atoms with Crippen LogP contribution in [0, 0.1) is 5.92 Å². The fraction of sp³-hybridized carbons (Fsp3) is 0.647. The Kier molecular flexibility index (Phi) is 6.23. The predicted octanol–water partition coefficient (Wildman–Crippen LogP) is 2.73. The van der Waals surface area contributed by atoms with Crippen LogP contribution in [0.3, 0.4) is 0 Å². The molecule has 2 aliphatic rings. The number of aromatic nitrogens is 1. The first kappa shape index (κ1) is 17.4. The molecular formula is C17H26N4O2S. The number of amides is 1. The molecule has 2 fully saturated rings. The van der Waals surface area contributed by atoms with Crippen LogP contribution in [0.1, 0.15) is 44.2 Å². The van der Waals surface area contributed by atoms with Crippen LogP contribution >= 0.6 is 11.3 Å². The minimum absolute atomic E-state index is 0.456. The van der Waals surface area contributed by atoms with Crippen molar-refractivity contribution in [2.45, 2.75) is 44.6 Å². The van der Waals surface area contributed by atoms with Crippen molar-refractivity contribution >= 4 is 28.5 Å². The van der Waals surface area contributed by atoms with Crippen LogP contribution < -0.4 is 10.8 Å². The smallest absolute Gasteiger partial charge is 0.267 e. The molecule has 7 heteroatoms. The summed E-state index contributed by atoms with van der Waals surface area (Å²) in [4.78, 5) is 18.0. The SMILES string of the molecule is O=C(/C=C/c1csc(N[C@@H]2CCN(CC3CCCCC3)C2)n1)NO. The molecule has 0 bridgehead atoms. The highest BCUT2D eigenvalue weighted by Crippen LogP contribution is 2.26. The number of rotatable bonds is 6. The molecule has 1 aliphatic carbocycles. The van der Waals surface area contributed by atoms with Gasteiger partial charge in [-0.1, -0.05) is 19.3 Å². The Hall–Kier alpha value is -1.44. The van der Waals surface area contributed by atoms with Gasteiger partial charge in [-0.2, -0.15) is 0 Å². The van der Waals surface area contributed by atoms with Crippen LogP contribution in [0.2, 0.25) is 0 Å². The lowest BCUT2D eigenvalue weighted by Gasteiger charge is -2.26. The second-order valence-corrected chi connectivity index (χ2v) is 7.64. The van der Waals surface area contributed by atoms with E-state index in [0.717, 1.165) is 29.7 Å². The van der Waals surface area contributed by atoms with Crippen LogP contribution in [-0.2, 0) is 4.79 Å². The summed E-state index contributed by atoms with van der Waals surface area (Å²) in [7, 11) is 0. The Balaban J connectivity index is 1.44. The van der Waals surface area contributed by atoms with Gasteiger partial charge in [-0.05, 0) is 31.3 Å². The molecule has 1 amide bonds. The summed E-state index contributed by atoms with van der Waals surface area (Å²) in [6.45, 7) is 3.51. The summed E-state index contributed by atoms with van der Waals surface area (Å²) in [5, 5.41) is 14.8. The molecule has 1 saturated carbocycles. The molecule has 1 aliphatic heterocycles. The molecular weight excluding hydrogens is 324 g/mol. The Labute approximate surface area is 146 Å². The quantitative estimate of drug-likeness (QED) is 0.418. The van der Waals surface area contributed by atoms with Gasteiger partial charge in [-0.3, -0.25) is 10.0 Å². The predicted molar refractivity (Wildman–Crippen MR) is 96.1 cm³/mol. The van der Waals surface area contributed by atoms with Gasteiger partial charge in [-0.25, -0.2) is 10.5 Å². The number of anilines is 1. The first-order chi connectivity index (χ1) is 11.7. The van der Waals surface area contributed by atoms with Gasteiger partial charge in [0.15, 0.2) is 5.13 Å². The summed E-state index contributed by atoms with van der Waals surface area (Å²) in [5.41, 5.74) is 2.29. The lowest BCUT2D eigenvalue weighted by Crippen LogP contribution is -2.31. The monoisotopic (exact) mass is 350 g/mol. The van der Waals surface area contributed by atoms with Crippen molar-refractivity contribution in [3.63, 3.8) is 0 Å². The highest BCUT2D eigenvalue weighted by Gasteiger charge is 2.25. The van der Waals surface area contributed by atoms with Crippen molar-refractivity contribution in [1.29, 1.82) is 0 Å². The Morgan fingerprint density at radius 1 is 1.38 bits per heavy atom. The number of hydrogen-bond acceptors (Lipinski definition) is 6. The zero-order valence-corrected chi connectivity index (χ0v) is 14.7. The fourth-order valence-electron chi connectivity index (χ4n) is 3.65. The molecule has 1 aromatic rings. The number of carbonyl (C=O) groups excluding carboxylic acids is 1. The Bertz CT molecular complexity index is 569. The van der Waals surface area contributed by atoms with Crippen molar-refractivity contribution in [2.24, 2.45) is 5.92 Å². The van der Waals surface area contributed by atoms with Gasteiger partial charge in [0.25, 0.3) is 5.91 Å². The topological polar surface area (TPSA) is 77.5 Å². The summed E-state index contributed by atoms with van der Waals surface area (Å²) in [5.74, 6) is 0.346. The highest BCUT2D eigenvalue weighted by molar-refractivity contribution is 7.13. The standard InChI is InChI=1S/C17H26N4O2S/c22-16(20-23)7-6-15-12-24-17(19-15)18-14-8-9-21(11-14)10-13-4-2-1-3-5-13/h6-7,12-14,23H,1-5,8-11H2,(H,18,19)(H,20,22)/b7-6+/t14-/m1/s1. The van der Waals surface area contributed by atoms with Crippen LogP contribution in [0.4, 0.5) is 5.13 Å². The zero-order valence-electron chi connectivity index (χ0n) is 13.9. The molecule has 3 rings (SSSR count). The maximum absolute atomic E-state index is 11.0. The maximum atomic E-state index is 11.0. The lowest BCUT2D eigenvalue weighted by molar-refractivity contribution is -0.124. The molecule has 24 heavy (non-hydrogen) atoms. The van der Waals surface area contributed by atoms with E-state index in [1.54, 1.807) is 22.9 Å². The minimum atomic E-state index is -0.549. The zero-order chi connectivity index (χ0) is 16.8. The van der Waals surface area contributed by atoms with E-state index in [2.05, 4.69) is 15.2 Å². The Morgan fingerprint density at radius 3 is 3.00 bits per heavy atom. The Morgan fingerprint density at radius 2 is 2.21 bits per heavy atom. The molecule has 1 aromatic heterocycles. The fourth-order valence-corrected chi connectivity index (χ4v) is 4.41. The number of nitrogens with zero attached hydrogens (tertiary/aromatic N) is 2. The number of nitrogens with one attached hydrogen (secondary N) is 2. The van der Waals surface area contributed by atoms with Crippen LogP contribution in [0.25, 0.3) is 6.08 Å². The van der Waals surface area contributed by atoms with Crippen molar-refractivity contribution in [1.82, 2.24) is 15.4 Å². The number of thiazole rings is 1. The molecule has 3 N–H and O–H groups in total. The molecule has 0 radical (unpaired) electrons. The van der Waals surface area contributed by atoms with Gasteiger partial charge in [0.2, 0.25) is 0 Å². The van der Waals surface area contributed by atoms with Crippen LogP contribution in [-0.4, -0.2) is 46.7 Å².